The summed E-state index contributed by atoms with van der Waals surface area (Å²) in [5.74, 6) is 0. The lowest BCUT2D eigenvalue weighted by Gasteiger charge is -2.34. The Morgan fingerprint density at radius 2 is 1.54 bits per heavy atom. The van der Waals surface area contributed by atoms with E-state index in [1.54, 1.807) is 12.1 Å². The first-order valence-electron chi connectivity index (χ1n) is 7.69. The summed E-state index contributed by atoms with van der Waals surface area (Å²) in [6, 6.07) is 14.9. The molecule has 24 heavy (non-hydrogen) atoms. The van der Waals surface area contributed by atoms with Crippen LogP contribution in [0, 0.1) is 0 Å². The lowest BCUT2D eigenvalue weighted by atomic mass is 10.2. The third kappa shape index (κ3) is 3.76. The van der Waals surface area contributed by atoms with Gasteiger partial charge in [0.2, 0.25) is 10.0 Å². The van der Waals surface area contributed by atoms with Gasteiger partial charge in [-0.2, -0.15) is 4.31 Å². The van der Waals surface area contributed by atoms with Crippen molar-refractivity contribution in [2.45, 2.75) is 11.4 Å². The van der Waals surface area contributed by atoms with Gasteiger partial charge < -0.3 is 0 Å². The molecule has 4 nitrogen and oxygen atoms in total. The molecule has 7 heteroatoms. The Kier molecular flexibility index (Phi) is 5.47. The number of rotatable bonds is 4. The third-order valence-corrected chi connectivity index (χ3v) is 6.99. The monoisotopic (exact) mass is 384 g/mol. The number of benzene rings is 2. The highest BCUT2D eigenvalue weighted by Gasteiger charge is 2.30. The topological polar surface area (TPSA) is 40.6 Å². The predicted octanol–water partition coefficient (Wildman–Crippen LogP) is 3.50. The molecule has 0 radical (unpaired) electrons. The molecule has 1 aliphatic rings. The van der Waals surface area contributed by atoms with Crippen LogP contribution in [0.5, 0.6) is 0 Å². The van der Waals surface area contributed by atoms with Crippen molar-refractivity contribution in [1.82, 2.24) is 9.21 Å². The Morgan fingerprint density at radius 1 is 0.875 bits per heavy atom. The van der Waals surface area contributed by atoms with Crippen LogP contribution in [0.15, 0.2) is 53.4 Å². The van der Waals surface area contributed by atoms with E-state index in [-0.39, 0.29) is 14.9 Å². The summed E-state index contributed by atoms with van der Waals surface area (Å²) in [6.07, 6.45) is 0. The molecule has 128 valence electrons. The van der Waals surface area contributed by atoms with Crippen LogP contribution < -0.4 is 0 Å². The van der Waals surface area contributed by atoms with Gasteiger partial charge in [-0.1, -0.05) is 59.6 Å². The van der Waals surface area contributed by atoms with Crippen molar-refractivity contribution in [2.75, 3.05) is 26.2 Å². The number of nitrogens with zero attached hydrogens (tertiary/aromatic N) is 2. The SMILES string of the molecule is O=S(=O)(c1cccc(Cl)c1Cl)N1CCN(Cc2ccccc2)CC1. The number of halogens is 2. The fourth-order valence-electron chi connectivity index (χ4n) is 2.79. The summed E-state index contributed by atoms with van der Waals surface area (Å²) in [5.41, 5.74) is 1.23. The average Bonchev–Trinajstić information content (AvgIpc) is 2.58. The number of hydrogen-bond donors (Lipinski definition) is 0. The van der Waals surface area contributed by atoms with Crippen LogP contribution in [-0.4, -0.2) is 43.8 Å². The highest BCUT2D eigenvalue weighted by molar-refractivity contribution is 7.89. The minimum Gasteiger partial charge on any atom is -0.296 e. The number of hydrogen-bond acceptors (Lipinski definition) is 3. The van der Waals surface area contributed by atoms with E-state index in [4.69, 9.17) is 23.2 Å². The summed E-state index contributed by atoms with van der Waals surface area (Å²) >= 11 is 12.0. The predicted molar refractivity (Wildman–Crippen MR) is 96.9 cm³/mol. The van der Waals surface area contributed by atoms with Crippen molar-refractivity contribution in [2.24, 2.45) is 0 Å². The molecule has 2 aromatic rings. The minimum atomic E-state index is -3.62. The van der Waals surface area contributed by atoms with Gasteiger partial charge in [0.05, 0.1) is 10.0 Å². The van der Waals surface area contributed by atoms with Crippen molar-refractivity contribution in [3.05, 3.63) is 64.1 Å². The van der Waals surface area contributed by atoms with Crippen molar-refractivity contribution < 1.29 is 8.42 Å². The second-order valence-corrected chi connectivity index (χ2v) is 8.41. The van der Waals surface area contributed by atoms with Crippen molar-refractivity contribution in [1.29, 1.82) is 0 Å². The summed E-state index contributed by atoms with van der Waals surface area (Å²) in [5, 5.41) is 0.339. The van der Waals surface area contributed by atoms with Gasteiger partial charge in [0.1, 0.15) is 4.90 Å². The molecular formula is C17H18Cl2N2O2S. The second-order valence-electron chi connectivity index (χ2n) is 5.72. The van der Waals surface area contributed by atoms with E-state index in [2.05, 4.69) is 17.0 Å². The maximum atomic E-state index is 12.8. The molecule has 0 aromatic heterocycles. The fraction of sp³-hybridized carbons (Fsp3) is 0.294. The van der Waals surface area contributed by atoms with Gasteiger partial charge >= 0.3 is 0 Å². The van der Waals surface area contributed by atoms with Crippen LogP contribution in [0.4, 0.5) is 0 Å². The summed E-state index contributed by atoms with van der Waals surface area (Å²) in [6.45, 7) is 3.08. The van der Waals surface area contributed by atoms with Gasteiger partial charge in [-0.15, -0.1) is 0 Å². The van der Waals surface area contributed by atoms with Crippen molar-refractivity contribution in [3.8, 4) is 0 Å². The largest absolute Gasteiger partial charge is 0.296 e. The molecule has 0 aliphatic carbocycles. The van der Waals surface area contributed by atoms with Crippen LogP contribution in [0.25, 0.3) is 0 Å². The zero-order valence-electron chi connectivity index (χ0n) is 13.0. The van der Waals surface area contributed by atoms with E-state index >= 15 is 0 Å². The molecule has 1 aliphatic heterocycles. The minimum absolute atomic E-state index is 0.0770. The van der Waals surface area contributed by atoms with Crippen LogP contribution >= 0.6 is 23.2 Å². The maximum absolute atomic E-state index is 12.8. The Balaban J connectivity index is 1.69. The Morgan fingerprint density at radius 3 is 2.21 bits per heavy atom. The highest BCUT2D eigenvalue weighted by Crippen LogP contribution is 2.31. The zero-order chi connectivity index (χ0) is 17.2. The molecule has 0 unspecified atom stereocenters. The van der Waals surface area contributed by atoms with E-state index < -0.39 is 10.0 Å². The van der Waals surface area contributed by atoms with Crippen molar-refractivity contribution >= 4 is 33.2 Å². The average molecular weight is 385 g/mol. The van der Waals surface area contributed by atoms with Crippen LogP contribution in [0.3, 0.4) is 0 Å². The first-order valence-corrected chi connectivity index (χ1v) is 9.88. The van der Waals surface area contributed by atoms with Crippen LogP contribution in [0.2, 0.25) is 10.0 Å². The molecule has 0 atom stereocenters. The molecule has 2 aromatic carbocycles. The van der Waals surface area contributed by atoms with E-state index in [1.165, 1.54) is 15.9 Å². The van der Waals surface area contributed by atoms with Gasteiger partial charge in [-0.3, -0.25) is 4.90 Å². The summed E-state index contributed by atoms with van der Waals surface area (Å²) in [7, 11) is -3.62. The van der Waals surface area contributed by atoms with E-state index in [9.17, 15) is 8.42 Å². The smallest absolute Gasteiger partial charge is 0.244 e. The molecular weight excluding hydrogens is 367 g/mol. The van der Waals surface area contributed by atoms with Crippen LogP contribution in [-0.2, 0) is 16.6 Å². The lowest BCUT2D eigenvalue weighted by Crippen LogP contribution is -2.48. The van der Waals surface area contributed by atoms with Gasteiger partial charge in [-0.05, 0) is 17.7 Å². The lowest BCUT2D eigenvalue weighted by molar-refractivity contribution is 0.181. The van der Waals surface area contributed by atoms with E-state index in [1.807, 2.05) is 18.2 Å². The molecule has 0 N–H and O–H groups in total. The third-order valence-electron chi connectivity index (χ3n) is 4.11. The molecule has 1 heterocycles. The maximum Gasteiger partial charge on any atom is 0.244 e. The fourth-order valence-corrected chi connectivity index (χ4v) is 4.95. The van der Waals surface area contributed by atoms with Gasteiger partial charge in [0.25, 0.3) is 0 Å². The first-order chi connectivity index (χ1) is 11.5. The molecule has 0 amide bonds. The molecule has 0 saturated carbocycles. The molecule has 0 spiro atoms. The summed E-state index contributed by atoms with van der Waals surface area (Å²) < 4.78 is 27.1. The Bertz CT molecular complexity index is 805. The van der Waals surface area contributed by atoms with Gasteiger partial charge in [0, 0.05) is 32.7 Å². The van der Waals surface area contributed by atoms with Gasteiger partial charge in [0.15, 0.2) is 0 Å². The Labute approximate surface area is 152 Å². The highest BCUT2D eigenvalue weighted by atomic mass is 35.5. The quantitative estimate of drug-likeness (QED) is 0.809. The molecule has 0 bridgehead atoms. The van der Waals surface area contributed by atoms with Crippen molar-refractivity contribution in [3.63, 3.8) is 0 Å². The molecule has 1 saturated heterocycles. The molecule has 1 fully saturated rings. The normalized spacial score (nSPS) is 17.1. The first kappa shape index (κ1) is 17.7. The Hall–Kier alpha value is -1.11. The zero-order valence-corrected chi connectivity index (χ0v) is 15.4. The number of sulfonamides is 1. The standard InChI is InChI=1S/C17H18Cl2N2O2S/c18-15-7-4-8-16(17(15)19)24(22,23)21-11-9-20(10-12-21)13-14-5-2-1-3-6-14/h1-8H,9-13H2. The van der Waals surface area contributed by atoms with E-state index in [0.717, 1.165) is 6.54 Å². The molecule has 3 rings (SSSR count). The summed E-state index contributed by atoms with van der Waals surface area (Å²) in [4.78, 5) is 2.33. The number of piperazine rings is 1. The van der Waals surface area contributed by atoms with E-state index in [0.29, 0.717) is 26.2 Å². The van der Waals surface area contributed by atoms with Crippen LogP contribution in [0.1, 0.15) is 5.56 Å². The second kappa shape index (κ2) is 7.42. The van der Waals surface area contributed by atoms with Gasteiger partial charge in [-0.25, -0.2) is 8.42 Å².